The van der Waals surface area contributed by atoms with Crippen molar-refractivity contribution in [2.24, 2.45) is 5.73 Å². The Balaban J connectivity index is 3.14. The summed E-state index contributed by atoms with van der Waals surface area (Å²) < 4.78 is 4.97. The number of aromatic hydroxyl groups is 1. The van der Waals surface area contributed by atoms with Crippen molar-refractivity contribution >= 4 is 0 Å². The Labute approximate surface area is 76.6 Å². The van der Waals surface area contributed by atoms with Gasteiger partial charge in [0.05, 0.1) is 18.8 Å². The van der Waals surface area contributed by atoms with Crippen LogP contribution in [-0.4, -0.2) is 23.9 Å². The third-order valence-corrected chi connectivity index (χ3v) is 1.82. The van der Waals surface area contributed by atoms with Gasteiger partial charge in [-0.2, -0.15) is 0 Å². The maximum Gasteiger partial charge on any atom is 0.128 e. The van der Waals surface area contributed by atoms with Crippen LogP contribution in [0.2, 0.25) is 0 Å². The van der Waals surface area contributed by atoms with Crippen LogP contribution in [0.3, 0.4) is 0 Å². The van der Waals surface area contributed by atoms with Gasteiger partial charge in [-0.1, -0.05) is 6.07 Å². The summed E-state index contributed by atoms with van der Waals surface area (Å²) in [7, 11) is 1.47. The molecule has 0 amide bonds. The molecule has 0 aliphatic carbocycles. The van der Waals surface area contributed by atoms with Gasteiger partial charge in [-0.3, -0.25) is 0 Å². The smallest absolute Gasteiger partial charge is 0.128 e. The fourth-order valence-electron chi connectivity index (χ4n) is 1.16. The van der Waals surface area contributed by atoms with Gasteiger partial charge in [0.2, 0.25) is 0 Å². The lowest BCUT2D eigenvalue weighted by molar-refractivity contribution is 0.178. The second-order valence-electron chi connectivity index (χ2n) is 2.64. The predicted octanol–water partition coefficient (Wildman–Crippen LogP) is 0.393. The summed E-state index contributed by atoms with van der Waals surface area (Å²) >= 11 is 0. The van der Waals surface area contributed by atoms with Gasteiger partial charge in [0, 0.05) is 6.54 Å². The van der Waals surface area contributed by atoms with Gasteiger partial charge >= 0.3 is 0 Å². The first-order valence-corrected chi connectivity index (χ1v) is 3.94. The van der Waals surface area contributed by atoms with Crippen LogP contribution in [0.5, 0.6) is 11.5 Å². The standard InChI is InChI=1S/C9H13NO3/c1-13-8-4-2-3-6(11)9(8)7(12)5-10/h2-4,7,11-12H,5,10H2,1H3/t7-/m0/s1. The zero-order chi connectivity index (χ0) is 9.84. The summed E-state index contributed by atoms with van der Waals surface area (Å²) in [5.41, 5.74) is 5.62. The monoisotopic (exact) mass is 183 g/mol. The van der Waals surface area contributed by atoms with E-state index in [4.69, 9.17) is 10.5 Å². The Kier molecular flexibility index (Phi) is 3.11. The number of rotatable bonds is 3. The third kappa shape index (κ3) is 1.91. The number of methoxy groups -OCH3 is 1. The molecule has 0 saturated carbocycles. The number of phenols is 1. The van der Waals surface area contributed by atoms with Gasteiger partial charge in [0.1, 0.15) is 11.5 Å². The summed E-state index contributed by atoms with van der Waals surface area (Å²) in [6.45, 7) is 0.0495. The molecule has 1 atom stereocenters. The molecule has 72 valence electrons. The molecule has 4 heteroatoms. The molecule has 0 radical (unpaired) electrons. The van der Waals surface area contributed by atoms with Crippen molar-refractivity contribution in [1.29, 1.82) is 0 Å². The highest BCUT2D eigenvalue weighted by Crippen LogP contribution is 2.32. The fraction of sp³-hybridized carbons (Fsp3) is 0.333. The summed E-state index contributed by atoms with van der Waals surface area (Å²) in [4.78, 5) is 0. The second kappa shape index (κ2) is 4.11. The third-order valence-electron chi connectivity index (χ3n) is 1.82. The molecular formula is C9H13NO3. The SMILES string of the molecule is COc1cccc(O)c1[C@@H](O)CN. The van der Waals surface area contributed by atoms with E-state index < -0.39 is 6.10 Å². The van der Waals surface area contributed by atoms with E-state index in [1.807, 2.05) is 0 Å². The predicted molar refractivity (Wildman–Crippen MR) is 48.7 cm³/mol. The van der Waals surface area contributed by atoms with Gasteiger partial charge in [-0.25, -0.2) is 0 Å². The van der Waals surface area contributed by atoms with Crippen molar-refractivity contribution < 1.29 is 14.9 Å². The van der Waals surface area contributed by atoms with Crippen LogP contribution < -0.4 is 10.5 Å². The largest absolute Gasteiger partial charge is 0.507 e. The minimum atomic E-state index is -0.892. The van der Waals surface area contributed by atoms with E-state index in [9.17, 15) is 10.2 Å². The molecule has 0 heterocycles. The quantitative estimate of drug-likeness (QED) is 0.633. The molecule has 0 aliphatic rings. The molecule has 0 saturated heterocycles. The van der Waals surface area contributed by atoms with Gasteiger partial charge in [0.15, 0.2) is 0 Å². The van der Waals surface area contributed by atoms with Gasteiger partial charge in [0.25, 0.3) is 0 Å². The molecule has 4 nitrogen and oxygen atoms in total. The van der Waals surface area contributed by atoms with Crippen molar-refractivity contribution in [3.05, 3.63) is 23.8 Å². The summed E-state index contributed by atoms with van der Waals surface area (Å²) in [5, 5.41) is 18.9. The van der Waals surface area contributed by atoms with Crippen LogP contribution in [0.1, 0.15) is 11.7 Å². The average Bonchev–Trinajstić information content (AvgIpc) is 2.16. The lowest BCUT2D eigenvalue weighted by Gasteiger charge is -2.14. The minimum Gasteiger partial charge on any atom is -0.507 e. The molecule has 1 rings (SSSR count). The first kappa shape index (κ1) is 9.83. The highest BCUT2D eigenvalue weighted by molar-refractivity contribution is 5.45. The van der Waals surface area contributed by atoms with Crippen molar-refractivity contribution in [3.63, 3.8) is 0 Å². The van der Waals surface area contributed by atoms with Crippen molar-refractivity contribution in [1.82, 2.24) is 0 Å². The number of aliphatic hydroxyl groups excluding tert-OH is 1. The average molecular weight is 183 g/mol. The number of benzene rings is 1. The molecule has 13 heavy (non-hydrogen) atoms. The van der Waals surface area contributed by atoms with Gasteiger partial charge < -0.3 is 20.7 Å². The second-order valence-corrected chi connectivity index (χ2v) is 2.64. The maximum atomic E-state index is 9.46. The Bertz CT molecular complexity index is 288. The Morgan fingerprint density at radius 3 is 2.77 bits per heavy atom. The lowest BCUT2D eigenvalue weighted by Crippen LogP contribution is -2.12. The lowest BCUT2D eigenvalue weighted by atomic mass is 10.1. The van der Waals surface area contributed by atoms with E-state index in [1.165, 1.54) is 13.2 Å². The van der Waals surface area contributed by atoms with Gasteiger partial charge in [-0.05, 0) is 12.1 Å². The molecular weight excluding hydrogens is 170 g/mol. The summed E-state index contributed by atoms with van der Waals surface area (Å²) in [6, 6.07) is 4.78. The zero-order valence-electron chi connectivity index (χ0n) is 7.40. The van der Waals surface area contributed by atoms with E-state index in [2.05, 4.69) is 0 Å². The zero-order valence-corrected chi connectivity index (χ0v) is 7.40. The molecule has 0 aliphatic heterocycles. The van der Waals surface area contributed by atoms with Gasteiger partial charge in [-0.15, -0.1) is 0 Å². The number of nitrogens with two attached hydrogens (primary N) is 1. The number of hydrogen-bond acceptors (Lipinski definition) is 4. The highest BCUT2D eigenvalue weighted by Gasteiger charge is 2.15. The van der Waals surface area contributed by atoms with E-state index in [1.54, 1.807) is 12.1 Å². The molecule has 0 unspecified atom stereocenters. The first-order chi connectivity index (χ1) is 6.20. The van der Waals surface area contributed by atoms with E-state index in [0.29, 0.717) is 11.3 Å². The van der Waals surface area contributed by atoms with Crippen LogP contribution >= 0.6 is 0 Å². The maximum absolute atomic E-state index is 9.46. The Morgan fingerprint density at radius 2 is 2.23 bits per heavy atom. The highest BCUT2D eigenvalue weighted by atomic mass is 16.5. The van der Waals surface area contributed by atoms with Crippen LogP contribution in [-0.2, 0) is 0 Å². The fourth-order valence-corrected chi connectivity index (χ4v) is 1.16. The summed E-state index contributed by atoms with van der Waals surface area (Å²) in [5.74, 6) is 0.440. The summed E-state index contributed by atoms with van der Waals surface area (Å²) in [6.07, 6.45) is -0.892. The number of ether oxygens (including phenoxy) is 1. The number of aliphatic hydroxyl groups is 1. The molecule has 4 N–H and O–H groups in total. The van der Waals surface area contributed by atoms with Crippen molar-refractivity contribution in [2.45, 2.75) is 6.10 Å². The van der Waals surface area contributed by atoms with E-state index in [-0.39, 0.29) is 12.3 Å². The Hall–Kier alpha value is -1.26. The first-order valence-electron chi connectivity index (χ1n) is 3.94. The van der Waals surface area contributed by atoms with Crippen LogP contribution in [0.15, 0.2) is 18.2 Å². The topological polar surface area (TPSA) is 75.7 Å². The number of phenolic OH excluding ortho intramolecular Hbond substituents is 1. The van der Waals surface area contributed by atoms with E-state index in [0.717, 1.165) is 0 Å². The Morgan fingerprint density at radius 1 is 1.54 bits per heavy atom. The van der Waals surface area contributed by atoms with Crippen molar-refractivity contribution in [3.8, 4) is 11.5 Å². The molecule has 1 aromatic carbocycles. The van der Waals surface area contributed by atoms with Crippen LogP contribution in [0.4, 0.5) is 0 Å². The molecule has 0 aromatic heterocycles. The normalized spacial score (nSPS) is 12.5. The molecule has 0 fully saturated rings. The van der Waals surface area contributed by atoms with Crippen LogP contribution in [0.25, 0.3) is 0 Å². The molecule has 0 spiro atoms. The molecule has 1 aromatic rings. The minimum absolute atomic E-state index is 0.00250. The van der Waals surface area contributed by atoms with E-state index >= 15 is 0 Å². The number of hydrogen-bond donors (Lipinski definition) is 3. The van der Waals surface area contributed by atoms with Crippen LogP contribution in [0, 0.1) is 0 Å². The van der Waals surface area contributed by atoms with Crippen molar-refractivity contribution in [2.75, 3.05) is 13.7 Å². The molecule has 0 bridgehead atoms.